The Morgan fingerprint density at radius 2 is 2.00 bits per heavy atom. The van der Waals surface area contributed by atoms with Gasteiger partial charge in [0.1, 0.15) is 0 Å². The molecular formula is C18H19N3O. The second-order valence-corrected chi connectivity index (χ2v) is 5.78. The van der Waals surface area contributed by atoms with E-state index in [1.165, 1.54) is 0 Å². The topological polar surface area (TPSA) is 46.9 Å². The lowest BCUT2D eigenvalue weighted by atomic mass is 10.0. The van der Waals surface area contributed by atoms with E-state index in [2.05, 4.69) is 24.3 Å². The predicted molar refractivity (Wildman–Crippen MR) is 89.2 cm³/mol. The van der Waals surface area contributed by atoms with Gasteiger partial charge in [0.2, 0.25) is 0 Å². The van der Waals surface area contributed by atoms with E-state index in [1.807, 2.05) is 54.2 Å². The van der Waals surface area contributed by atoms with E-state index in [9.17, 15) is 4.79 Å². The summed E-state index contributed by atoms with van der Waals surface area (Å²) in [6.45, 7) is 4.24. The summed E-state index contributed by atoms with van der Waals surface area (Å²) in [7, 11) is 1.90. The number of hydrogen-bond acceptors (Lipinski definition) is 2. The van der Waals surface area contributed by atoms with Crippen LogP contribution in [0.5, 0.6) is 0 Å². The fourth-order valence-electron chi connectivity index (χ4n) is 2.48. The van der Waals surface area contributed by atoms with Gasteiger partial charge in [-0.2, -0.15) is 5.10 Å². The number of carbonyl (C=O) groups excluding carboxylic acids is 1. The average Bonchev–Trinajstić information content (AvgIpc) is 2.88. The Kier molecular flexibility index (Phi) is 3.67. The number of hydrogen-bond donors (Lipinski definition) is 1. The first-order valence-corrected chi connectivity index (χ1v) is 7.37. The monoisotopic (exact) mass is 293 g/mol. The summed E-state index contributed by atoms with van der Waals surface area (Å²) in [6, 6.07) is 13.5. The summed E-state index contributed by atoms with van der Waals surface area (Å²) in [5.74, 6) is 0.310. The van der Waals surface area contributed by atoms with Crippen LogP contribution < -0.4 is 5.32 Å². The van der Waals surface area contributed by atoms with Crippen LogP contribution in [0.1, 0.15) is 35.7 Å². The highest BCUT2D eigenvalue weighted by molar-refractivity contribution is 6.05. The van der Waals surface area contributed by atoms with Crippen molar-refractivity contribution in [1.82, 2.24) is 9.78 Å². The van der Waals surface area contributed by atoms with Gasteiger partial charge in [-0.25, -0.2) is 0 Å². The fraction of sp³-hybridized carbons (Fsp3) is 0.222. The first-order valence-electron chi connectivity index (χ1n) is 7.37. The molecule has 1 amide bonds. The van der Waals surface area contributed by atoms with E-state index >= 15 is 0 Å². The van der Waals surface area contributed by atoms with Crippen LogP contribution >= 0.6 is 0 Å². The molecule has 22 heavy (non-hydrogen) atoms. The molecule has 0 saturated carbocycles. The quantitative estimate of drug-likeness (QED) is 0.795. The van der Waals surface area contributed by atoms with Gasteiger partial charge in [-0.1, -0.05) is 26.0 Å². The number of anilines is 1. The molecule has 112 valence electrons. The van der Waals surface area contributed by atoms with Gasteiger partial charge in [-0.15, -0.1) is 0 Å². The van der Waals surface area contributed by atoms with Crippen molar-refractivity contribution in [3.8, 4) is 0 Å². The largest absolute Gasteiger partial charge is 0.322 e. The maximum Gasteiger partial charge on any atom is 0.255 e. The highest BCUT2D eigenvalue weighted by Crippen LogP contribution is 2.20. The molecule has 0 bridgehead atoms. The van der Waals surface area contributed by atoms with Gasteiger partial charge < -0.3 is 5.32 Å². The number of aryl methyl sites for hydroxylation is 1. The van der Waals surface area contributed by atoms with Crippen molar-refractivity contribution in [1.29, 1.82) is 0 Å². The summed E-state index contributed by atoms with van der Waals surface area (Å²) in [6.07, 6.45) is 1.80. The molecule has 1 aromatic heterocycles. The number of nitrogens with zero attached hydrogens (tertiary/aromatic N) is 2. The van der Waals surface area contributed by atoms with Crippen molar-refractivity contribution >= 4 is 22.5 Å². The third-order valence-electron chi connectivity index (χ3n) is 3.82. The first-order chi connectivity index (χ1) is 10.5. The molecule has 0 spiro atoms. The third kappa shape index (κ3) is 2.72. The van der Waals surface area contributed by atoms with Crippen molar-refractivity contribution in [3.63, 3.8) is 0 Å². The Morgan fingerprint density at radius 1 is 1.18 bits per heavy atom. The Balaban J connectivity index is 1.84. The highest BCUT2D eigenvalue weighted by atomic mass is 16.1. The lowest BCUT2D eigenvalue weighted by molar-refractivity contribution is 0.102. The molecule has 0 fully saturated rings. The van der Waals surface area contributed by atoms with Crippen LogP contribution in [0.4, 0.5) is 5.69 Å². The van der Waals surface area contributed by atoms with Crippen LogP contribution in [0.2, 0.25) is 0 Å². The van der Waals surface area contributed by atoms with Crippen molar-refractivity contribution < 1.29 is 4.79 Å². The van der Waals surface area contributed by atoms with Crippen LogP contribution in [0.25, 0.3) is 10.9 Å². The zero-order valence-corrected chi connectivity index (χ0v) is 13.0. The highest BCUT2D eigenvalue weighted by Gasteiger charge is 2.09. The van der Waals surface area contributed by atoms with Crippen molar-refractivity contribution in [2.24, 2.45) is 7.05 Å². The Labute approximate surface area is 129 Å². The third-order valence-corrected chi connectivity index (χ3v) is 3.82. The summed E-state index contributed by atoms with van der Waals surface area (Å²) < 4.78 is 1.81. The summed E-state index contributed by atoms with van der Waals surface area (Å²) in [5, 5.41) is 8.17. The first kappa shape index (κ1) is 14.3. The van der Waals surface area contributed by atoms with E-state index in [1.54, 1.807) is 6.20 Å². The molecule has 0 unspecified atom stereocenters. The molecule has 2 aromatic carbocycles. The second-order valence-electron chi connectivity index (χ2n) is 5.78. The van der Waals surface area contributed by atoms with E-state index in [4.69, 9.17) is 0 Å². The molecule has 4 nitrogen and oxygen atoms in total. The van der Waals surface area contributed by atoms with Gasteiger partial charge in [0, 0.05) is 23.7 Å². The van der Waals surface area contributed by atoms with Gasteiger partial charge in [0.15, 0.2) is 0 Å². The molecule has 1 heterocycles. The summed E-state index contributed by atoms with van der Waals surface area (Å²) >= 11 is 0. The molecule has 0 saturated heterocycles. The van der Waals surface area contributed by atoms with Gasteiger partial charge in [-0.05, 0) is 41.8 Å². The Bertz CT molecular complexity index is 833. The molecule has 0 aliphatic carbocycles. The molecule has 0 aliphatic rings. The summed E-state index contributed by atoms with van der Waals surface area (Å²) in [4.78, 5) is 12.4. The predicted octanol–water partition coefficient (Wildman–Crippen LogP) is 3.95. The molecule has 0 atom stereocenters. The van der Waals surface area contributed by atoms with Crippen LogP contribution in [0.15, 0.2) is 48.7 Å². The normalized spacial score (nSPS) is 11.1. The van der Waals surface area contributed by atoms with Crippen molar-refractivity contribution in [3.05, 3.63) is 59.8 Å². The minimum absolute atomic E-state index is 0.0919. The maximum atomic E-state index is 12.4. The Morgan fingerprint density at radius 3 is 2.77 bits per heavy atom. The van der Waals surface area contributed by atoms with E-state index in [0.717, 1.165) is 22.2 Å². The second kappa shape index (κ2) is 5.64. The number of nitrogens with one attached hydrogen (secondary N) is 1. The number of aromatic nitrogens is 2. The zero-order valence-electron chi connectivity index (χ0n) is 13.0. The minimum atomic E-state index is -0.0919. The van der Waals surface area contributed by atoms with Gasteiger partial charge >= 0.3 is 0 Å². The molecular weight excluding hydrogens is 274 g/mol. The molecule has 0 aliphatic heterocycles. The molecule has 4 heteroatoms. The number of amides is 1. The smallest absolute Gasteiger partial charge is 0.255 e. The molecule has 3 rings (SSSR count). The van der Waals surface area contributed by atoms with Gasteiger partial charge in [-0.3, -0.25) is 9.48 Å². The van der Waals surface area contributed by atoms with E-state index in [-0.39, 0.29) is 5.91 Å². The Hall–Kier alpha value is -2.62. The summed E-state index contributed by atoms with van der Waals surface area (Å²) in [5.41, 5.74) is 3.66. The fourth-order valence-corrected chi connectivity index (χ4v) is 2.48. The molecule has 3 aromatic rings. The minimum Gasteiger partial charge on any atom is -0.322 e. The van der Waals surface area contributed by atoms with Crippen LogP contribution in [0, 0.1) is 0 Å². The maximum absolute atomic E-state index is 12.4. The van der Waals surface area contributed by atoms with Crippen LogP contribution in [-0.4, -0.2) is 15.7 Å². The number of benzene rings is 2. The number of rotatable bonds is 3. The van der Waals surface area contributed by atoms with Crippen molar-refractivity contribution in [2.45, 2.75) is 19.8 Å². The molecule has 0 radical (unpaired) electrons. The SMILES string of the molecule is CC(C)c1cccc(C(=O)Nc2ccc3c(cnn3C)c2)c1. The van der Waals surface area contributed by atoms with Crippen molar-refractivity contribution in [2.75, 3.05) is 5.32 Å². The number of fused-ring (bicyclic) bond motifs is 1. The van der Waals surface area contributed by atoms with E-state index < -0.39 is 0 Å². The van der Waals surface area contributed by atoms with Crippen LogP contribution in [-0.2, 0) is 7.05 Å². The number of carbonyl (C=O) groups is 1. The molecule has 1 N–H and O–H groups in total. The standard InChI is InChI=1S/C18H19N3O/c1-12(2)13-5-4-6-14(9-13)18(22)20-16-7-8-17-15(10-16)11-19-21(17)3/h4-12H,1-3H3,(H,20,22). The van der Waals surface area contributed by atoms with E-state index in [0.29, 0.717) is 11.5 Å². The average molecular weight is 293 g/mol. The zero-order chi connectivity index (χ0) is 15.7. The van der Waals surface area contributed by atoms with Gasteiger partial charge in [0.25, 0.3) is 5.91 Å². The lowest BCUT2D eigenvalue weighted by Crippen LogP contribution is -2.12. The van der Waals surface area contributed by atoms with Gasteiger partial charge in [0.05, 0.1) is 11.7 Å². The van der Waals surface area contributed by atoms with Crippen LogP contribution in [0.3, 0.4) is 0 Å². The lowest BCUT2D eigenvalue weighted by Gasteiger charge is -2.09.